The van der Waals surface area contributed by atoms with Gasteiger partial charge in [-0.05, 0) is 50.3 Å². The maximum absolute atomic E-state index is 4.79. The summed E-state index contributed by atoms with van der Waals surface area (Å²) in [4.78, 5) is 4.79. The molecule has 0 bridgehead atoms. The molecular formula is C17H21N5S. The van der Waals surface area contributed by atoms with Gasteiger partial charge in [-0.1, -0.05) is 17.4 Å². The molecular weight excluding hydrogens is 306 g/mol. The van der Waals surface area contributed by atoms with Crippen molar-refractivity contribution in [1.29, 1.82) is 0 Å². The van der Waals surface area contributed by atoms with Crippen LogP contribution in [0.4, 0.5) is 5.13 Å². The Morgan fingerprint density at radius 1 is 1.26 bits per heavy atom. The van der Waals surface area contributed by atoms with Crippen molar-refractivity contribution in [2.75, 3.05) is 11.9 Å². The van der Waals surface area contributed by atoms with Gasteiger partial charge in [-0.3, -0.25) is 0 Å². The van der Waals surface area contributed by atoms with E-state index in [1.54, 1.807) is 11.3 Å². The van der Waals surface area contributed by atoms with E-state index in [4.69, 9.17) is 4.98 Å². The van der Waals surface area contributed by atoms with Crippen LogP contribution in [-0.2, 0) is 13.0 Å². The fourth-order valence-electron chi connectivity index (χ4n) is 3.23. The molecule has 3 aromatic rings. The van der Waals surface area contributed by atoms with Gasteiger partial charge in [-0.15, -0.1) is 10.2 Å². The molecule has 2 aromatic heterocycles. The van der Waals surface area contributed by atoms with E-state index in [9.17, 15) is 0 Å². The number of fused-ring (bicyclic) bond motifs is 2. The summed E-state index contributed by atoms with van der Waals surface area (Å²) < 4.78 is 3.51. The second-order valence-corrected chi connectivity index (χ2v) is 7.46. The van der Waals surface area contributed by atoms with Gasteiger partial charge < -0.3 is 9.88 Å². The highest BCUT2D eigenvalue weighted by Crippen LogP contribution is 2.30. The van der Waals surface area contributed by atoms with Crippen LogP contribution in [0.25, 0.3) is 10.2 Å². The van der Waals surface area contributed by atoms with E-state index < -0.39 is 0 Å². The second kappa shape index (κ2) is 5.60. The molecule has 23 heavy (non-hydrogen) atoms. The van der Waals surface area contributed by atoms with Crippen molar-refractivity contribution in [3.8, 4) is 0 Å². The smallest absolute Gasteiger partial charge is 0.183 e. The number of hydrogen-bond acceptors (Lipinski definition) is 5. The zero-order chi connectivity index (χ0) is 16.0. The van der Waals surface area contributed by atoms with E-state index in [1.807, 2.05) is 6.92 Å². The summed E-state index contributed by atoms with van der Waals surface area (Å²) in [5.74, 6) is 2.76. The number of rotatable bonds is 3. The Kier molecular flexibility index (Phi) is 3.56. The van der Waals surface area contributed by atoms with Crippen LogP contribution in [0.5, 0.6) is 0 Å². The van der Waals surface area contributed by atoms with Gasteiger partial charge in [-0.25, -0.2) is 4.98 Å². The number of thiazole rings is 1. The first kappa shape index (κ1) is 14.6. The number of nitrogens with one attached hydrogen (secondary N) is 1. The van der Waals surface area contributed by atoms with E-state index >= 15 is 0 Å². The molecule has 0 saturated heterocycles. The SMILES string of the molecule is Cc1ccc2sc(NCC3CCc4nnc(C)n4C3)nc2c1C. The van der Waals surface area contributed by atoms with E-state index in [1.165, 1.54) is 15.8 Å². The molecule has 0 saturated carbocycles. The lowest BCUT2D eigenvalue weighted by Gasteiger charge is -2.23. The van der Waals surface area contributed by atoms with Gasteiger partial charge >= 0.3 is 0 Å². The highest BCUT2D eigenvalue weighted by atomic mass is 32.1. The fourth-order valence-corrected chi connectivity index (χ4v) is 4.16. The number of aromatic nitrogens is 4. The number of anilines is 1. The van der Waals surface area contributed by atoms with Gasteiger partial charge in [0.05, 0.1) is 10.2 Å². The lowest BCUT2D eigenvalue weighted by Crippen LogP contribution is -2.26. The van der Waals surface area contributed by atoms with Crippen molar-refractivity contribution in [3.63, 3.8) is 0 Å². The molecule has 1 unspecified atom stereocenters. The number of nitrogens with zero attached hydrogens (tertiary/aromatic N) is 4. The average molecular weight is 327 g/mol. The van der Waals surface area contributed by atoms with E-state index in [0.29, 0.717) is 5.92 Å². The second-order valence-electron chi connectivity index (χ2n) is 6.43. The molecule has 120 valence electrons. The zero-order valence-corrected chi connectivity index (χ0v) is 14.6. The molecule has 0 fully saturated rings. The predicted octanol–water partition coefficient (Wildman–Crippen LogP) is 3.49. The van der Waals surface area contributed by atoms with Crippen molar-refractivity contribution in [1.82, 2.24) is 19.7 Å². The molecule has 1 N–H and O–H groups in total. The zero-order valence-electron chi connectivity index (χ0n) is 13.8. The maximum Gasteiger partial charge on any atom is 0.183 e. The third kappa shape index (κ3) is 2.61. The van der Waals surface area contributed by atoms with Crippen molar-refractivity contribution in [3.05, 3.63) is 34.9 Å². The lowest BCUT2D eigenvalue weighted by molar-refractivity contribution is 0.377. The third-order valence-electron chi connectivity index (χ3n) is 4.86. The molecule has 4 rings (SSSR count). The predicted molar refractivity (Wildman–Crippen MR) is 94.2 cm³/mol. The average Bonchev–Trinajstić information content (AvgIpc) is 3.13. The van der Waals surface area contributed by atoms with Crippen LogP contribution >= 0.6 is 11.3 Å². The van der Waals surface area contributed by atoms with Gasteiger partial charge in [0.1, 0.15) is 11.6 Å². The molecule has 5 nitrogen and oxygen atoms in total. The highest BCUT2D eigenvalue weighted by molar-refractivity contribution is 7.22. The first-order valence-electron chi connectivity index (χ1n) is 8.11. The molecule has 3 heterocycles. The summed E-state index contributed by atoms with van der Waals surface area (Å²) in [5.41, 5.74) is 3.73. The minimum absolute atomic E-state index is 0.604. The summed E-state index contributed by atoms with van der Waals surface area (Å²) >= 11 is 1.75. The molecule has 1 aliphatic heterocycles. The standard InChI is InChI=1S/C17H21N5S/c1-10-4-6-14-16(11(10)2)19-17(23-14)18-8-13-5-7-15-21-20-12(3)22(15)9-13/h4,6,13H,5,7-9H2,1-3H3,(H,18,19). The quantitative estimate of drug-likeness (QED) is 0.800. The summed E-state index contributed by atoms with van der Waals surface area (Å²) in [6, 6.07) is 4.35. The van der Waals surface area contributed by atoms with Crippen molar-refractivity contribution < 1.29 is 0 Å². The van der Waals surface area contributed by atoms with Gasteiger partial charge in [-0.2, -0.15) is 0 Å². The van der Waals surface area contributed by atoms with Crippen LogP contribution in [0.2, 0.25) is 0 Å². The van der Waals surface area contributed by atoms with Gasteiger partial charge in [0.2, 0.25) is 0 Å². The summed E-state index contributed by atoms with van der Waals surface area (Å²) in [6.07, 6.45) is 2.18. The first-order chi connectivity index (χ1) is 11.1. The number of benzene rings is 1. The molecule has 0 spiro atoms. The van der Waals surface area contributed by atoms with Gasteiger partial charge in [0.25, 0.3) is 0 Å². The normalized spacial score (nSPS) is 17.4. The largest absolute Gasteiger partial charge is 0.361 e. The summed E-state index contributed by atoms with van der Waals surface area (Å²) in [6.45, 7) is 8.28. The van der Waals surface area contributed by atoms with Crippen LogP contribution in [0.1, 0.15) is 29.2 Å². The number of hydrogen-bond donors (Lipinski definition) is 1. The highest BCUT2D eigenvalue weighted by Gasteiger charge is 2.21. The fraction of sp³-hybridized carbons (Fsp3) is 0.471. The topological polar surface area (TPSA) is 55.6 Å². The monoisotopic (exact) mass is 327 g/mol. The summed E-state index contributed by atoms with van der Waals surface area (Å²) in [5, 5.41) is 13.0. The molecule has 1 aliphatic rings. The van der Waals surface area contributed by atoms with E-state index in [0.717, 1.165) is 48.2 Å². The molecule has 0 radical (unpaired) electrons. The van der Waals surface area contributed by atoms with Crippen LogP contribution in [0, 0.1) is 26.7 Å². The first-order valence-corrected chi connectivity index (χ1v) is 8.93. The third-order valence-corrected chi connectivity index (χ3v) is 5.83. The molecule has 6 heteroatoms. The Bertz CT molecular complexity index is 863. The van der Waals surface area contributed by atoms with Crippen LogP contribution in [-0.4, -0.2) is 26.3 Å². The van der Waals surface area contributed by atoms with Crippen molar-refractivity contribution in [2.45, 2.75) is 40.2 Å². The Hall–Kier alpha value is -1.95. The maximum atomic E-state index is 4.79. The molecule has 1 atom stereocenters. The van der Waals surface area contributed by atoms with Gasteiger partial charge in [0, 0.05) is 19.5 Å². The Balaban J connectivity index is 1.48. The molecule has 1 aromatic carbocycles. The Morgan fingerprint density at radius 2 is 2.13 bits per heavy atom. The molecule has 0 aliphatic carbocycles. The van der Waals surface area contributed by atoms with E-state index in [-0.39, 0.29) is 0 Å². The van der Waals surface area contributed by atoms with Crippen LogP contribution in [0.15, 0.2) is 12.1 Å². The van der Waals surface area contributed by atoms with Crippen LogP contribution in [0.3, 0.4) is 0 Å². The van der Waals surface area contributed by atoms with Crippen molar-refractivity contribution in [2.24, 2.45) is 5.92 Å². The Morgan fingerprint density at radius 3 is 3.00 bits per heavy atom. The van der Waals surface area contributed by atoms with Gasteiger partial charge in [0.15, 0.2) is 5.13 Å². The van der Waals surface area contributed by atoms with Crippen LogP contribution < -0.4 is 5.32 Å². The summed E-state index contributed by atoms with van der Waals surface area (Å²) in [7, 11) is 0. The van der Waals surface area contributed by atoms with Crippen molar-refractivity contribution >= 4 is 26.7 Å². The number of aryl methyl sites for hydroxylation is 4. The lowest BCUT2D eigenvalue weighted by atomic mass is 9.99. The molecule has 0 amide bonds. The minimum atomic E-state index is 0.604. The Labute approximate surface area is 139 Å². The minimum Gasteiger partial charge on any atom is -0.361 e. The van der Waals surface area contributed by atoms with E-state index in [2.05, 4.69) is 46.1 Å².